The monoisotopic (exact) mass is 369 g/mol. The van der Waals surface area contributed by atoms with E-state index in [0.717, 1.165) is 51.4 Å². The van der Waals surface area contributed by atoms with Gasteiger partial charge >= 0.3 is 0 Å². The van der Waals surface area contributed by atoms with Crippen molar-refractivity contribution in [3.8, 4) is 0 Å². The van der Waals surface area contributed by atoms with Crippen molar-refractivity contribution in [3.05, 3.63) is 35.5 Å². The molecule has 1 aromatic carbocycles. The Morgan fingerprint density at radius 2 is 2.30 bits per heavy atom. The van der Waals surface area contributed by atoms with Gasteiger partial charge in [-0.1, -0.05) is 12.1 Å². The molecule has 0 aliphatic carbocycles. The van der Waals surface area contributed by atoms with Gasteiger partial charge in [-0.2, -0.15) is 0 Å². The van der Waals surface area contributed by atoms with Crippen LogP contribution in [0.25, 0.3) is 10.9 Å². The number of guanidine groups is 1. The van der Waals surface area contributed by atoms with Crippen LogP contribution in [0.5, 0.6) is 0 Å². The lowest BCUT2D eigenvalue weighted by molar-refractivity contribution is -0.119. The predicted octanol–water partition coefficient (Wildman–Crippen LogP) is 2.57. The lowest BCUT2D eigenvalue weighted by atomic mass is 9.95. The third-order valence-corrected chi connectivity index (χ3v) is 5.28. The number of rotatable bonds is 6. The van der Waals surface area contributed by atoms with Crippen molar-refractivity contribution < 1.29 is 4.79 Å². The molecule has 1 aromatic heterocycles. The van der Waals surface area contributed by atoms with Crippen LogP contribution in [0, 0.1) is 12.8 Å². The molecule has 1 atom stereocenters. The zero-order valence-corrected chi connectivity index (χ0v) is 16.4. The molecule has 146 valence electrons. The van der Waals surface area contributed by atoms with Crippen LogP contribution in [0.1, 0.15) is 37.3 Å². The highest BCUT2D eigenvalue weighted by atomic mass is 16.1. The Bertz CT molecular complexity index is 810. The smallest absolute Gasteiger partial charge is 0.217 e. The largest absolute Gasteiger partial charge is 0.370 e. The summed E-state index contributed by atoms with van der Waals surface area (Å²) in [4.78, 5) is 21.8. The molecule has 1 aliphatic heterocycles. The summed E-state index contributed by atoms with van der Waals surface area (Å²) < 4.78 is 0. The van der Waals surface area contributed by atoms with Gasteiger partial charge in [-0.3, -0.25) is 9.79 Å². The molecule has 0 bridgehead atoms. The fourth-order valence-corrected chi connectivity index (χ4v) is 4.07. The second-order valence-electron chi connectivity index (χ2n) is 7.42. The Morgan fingerprint density at radius 1 is 1.44 bits per heavy atom. The number of primary amides is 1. The first-order valence-corrected chi connectivity index (χ1v) is 9.95. The van der Waals surface area contributed by atoms with E-state index >= 15 is 0 Å². The molecule has 0 saturated carbocycles. The van der Waals surface area contributed by atoms with Crippen molar-refractivity contribution in [2.45, 2.75) is 39.5 Å². The summed E-state index contributed by atoms with van der Waals surface area (Å²) in [6, 6.07) is 6.35. The van der Waals surface area contributed by atoms with E-state index in [9.17, 15) is 4.79 Å². The molecular weight excluding hydrogens is 338 g/mol. The van der Waals surface area contributed by atoms with Crippen molar-refractivity contribution in [1.82, 2.24) is 15.2 Å². The zero-order chi connectivity index (χ0) is 19.2. The number of fused-ring (bicyclic) bond motifs is 1. The molecule has 2 aromatic rings. The average molecular weight is 370 g/mol. The molecule has 0 spiro atoms. The number of nitrogens with two attached hydrogens (primary N) is 1. The molecule has 2 heterocycles. The van der Waals surface area contributed by atoms with Gasteiger partial charge in [-0.25, -0.2) is 0 Å². The zero-order valence-electron chi connectivity index (χ0n) is 16.4. The van der Waals surface area contributed by atoms with Gasteiger partial charge in [-0.15, -0.1) is 0 Å². The highest BCUT2D eigenvalue weighted by Crippen LogP contribution is 2.23. The molecule has 3 rings (SSSR count). The lowest BCUT2D eigenvalue weighted by Crippen LogP contribution is -2.47. The highest BCUT2D eigenvalue weighted by Gasteiger charge is 2.23. The molecule has 1 fully saturated rings. The lowest BCUT2D eigenvalue weighted by Gasteiger charge is -2.34. The third-order valence-electron chi connectivity index (χ3n) is 5.28. The topological polar surface area (TPSA) is 86.5 Å². The summed E-state index contributed by atoms with van der Waals surface area (Å²) in [5.74, 6) is 1.07. The number of aryl methyl sites for hydroxylation is 1. The maximum Gasteiger partial charge on any atom is 0.217 e. The summed E-state index contributed by atoms with van der Waals surface area (Å²) in [6.45, 7) is 7.64. The van der Waals surface area contributed by atoms with Crippen LogP contribution in [-0.2, 0) is 11.2 Å². The molecule has 1 amide bonds. The number of carbonyl (C=O) groups excluding carboxylic acids is 1. The maximum absolute atomic E-state index is 11.3. The first kappa shape index (κ1) is 19.3. The molecule has 1 saturated heterocycles. The number of hydrogen-bond acceptors (Lipinski definition) is 2. The van der Waals surface area contributed by atoms with Gasteiger partial charge in [0, 0.05) is 49.7 Å². The standard InChI is InChI=1S/C21H31N5O/c1-3-23-21(26-11-5-7-16(14-26)12-19(22)27)24-10-9-17-13-25-18-8-4-6-15(2)20(17)18/h4,6,8,13,16,25H,3,5,7,9-12,14H2,1-2H3,(H2,22,27)(H,23,24). The van der Waals surface area contributed by atoms with Crippen molar-refractivity contribution in [1.29, 1.82) is 0 Å². The summed E-state index contributed by atoms with van der Waals surface area (Å²) in [5.41, 5.74) is 9.18. The van der Waals surface area contributed by atoms with Crippen LogP contribution in [0.4, 0.5) is 0 Å². The molecule has 4 N–H and O–H groups in total. The SMILES string of the molecule is CCNC(=NCCc1c[nH]c2cccc(C)c12)N1CCCC(CC(N)=O)C1. The van der Waals surface area contributed by atoms with Crippen LogP contribution in [0.2, 0.25) is 0 Å². The van der Waals surface area contributed by atoms with E-state index in [1.54, 1.807) is 0 Å². The Morgan fingerprint density at radius 3 is 3.07 bits per heavy atom. The minimum absolute atomic E-state index is 0.210. The number of amides is 1. The number of aliphatic imine (C=N–C) groups is 1. The van der Waals surface area contributed by atoms with Gasteiger partial charge in [0.1, 0.15) is 0 Å². The number of nitrogens with one attached hydrogen (secondary N) is 2. The second kappa shape index (κ2) is 8.93. The van der Waals surface area contributed by atoms with Gasteiger partial charge in [0.2, 0.25) is 5.91 Å². The van der Waals surface area contributed by atoms with Crippen molar-refractivity contribution >= 4 is 22.8 Å². The minimum atomic E-state index is -0.210. The quantitative estimate of drug-likeness (QED) is 0.540. The number of aromatic amines is 1. The Kier molecular flexibility index (Phi) is 6.37. The number of likely N-dealkylation sites (tertiary alicyclic amines) is 1. The number of aromatic nitrogens is 1. The molecule has 1 aliphatic rings. The van der Waals surface area contributed by atoms with Crippen LogP contribution in [0.3, 0.4) is 0 Å². The van der Waals surface area contributed by atoms with E-state index in [1.165, 1.54) is 22.0 Å². The summed E-state index contributed by atoms with van der Waals surface area (Å²) in [5, 5.41) is 4.72. The van der Waals surface area contributed by atoms with Crippen LogP contribution in [-0.4, -0.2) is 47.9 Å². The van der Waals surface area contributed by atoms with Crippen molar-refractivity contribution in [2.75, 3.05) is 26.2 Å². The van der Waals surface area contributed by atoms with Gasteiger partial charge in [0.15, 0.2) is 5.96 Å². The molecule has 0 radical (unpaired) electrons. The molecular formula is C21H31N5O. The van der Waals surface area contributed by atoms with Gasteiger partial charge in [0.05, 0.1) is 0 Å². The van der Waals surface area contributed by atoms with Crippen LogP contribution >= 0.6 is 0 Å². The maximum atomic E-state index is 11.3. The van der Waals surface area contributed by atoms with E-state index in [4.69, 9.17) is 10.7 Å². The fraction of sp³-hybridized carbons (Fsp3) is 0.524. The molecule has 6 nitrogen and oxygen atoms in total. The first-order valence-electron chi connectivity index (χ1n) is 9.95. The van der Waals surface area contributed by atoms with E-state index < -0.39 is 0 Å². The van der Waals surface area contributed by atoms with Crippen LogP contribution in [0.15, 0.2) is 29.4 Å². The Labute approximate surface area is 161 Å². The Hall–Kier alpha value is -2.50. The third kappa shape index (κ3) is 4.81. The second-order valence-corrected chi connectivity index (χ2v) is 7.42. The predicted molar refractivity (Wildman–Crippen MR) is 111 cm³/mol. The number of benzene rings is 1. The highest BCUT2D eigenvalue weighted by molar-refractivity contribution is 5.86. The summed E-state index contributed by atoms with van der Waals surface area (Å²) in [7, 11) is 0. The summed E-state index contributed by atoms with van der Waals surface area (Å²) >= 11 is 0. The molecule has 27 heavy (non-hydrogen) atoms. The summed E-state index contributed by atoms with van der Waals surface area (Å²) in [6.07, 6.45) is 5.60. The van der Waals surface area contributed by atoms with Gasteiger partial charge in [-0.05, 0) is 56.2 Å². The van der Waals surface area contributed by atoms with Crippen molar-refractivity contribution in [3.63, 3.8) is 0 Å². The van der Waals surface area contributed by atoms with Gasteiger partial charge < -0.3 is 20.9 Å². The number of carbonyl (C=O) groups is 1. The number of H-pyrrole nitrogens is 1. The average Bonchev–Trinajstić information content (AvgIpc) is 3.05. The number of piperidine rings is 1. The fourth-order valence-electron chi connectivity index (χ4n) is 4.07. The Balaban J connectivity index is 1.67. The molecule has 1 unspecified atom stereocenters. The van der Waals surface area contributed by atoms with E-state index in [1.807, 2.05) is 0 Å². The van der Waals surface area contributed by atoms with Crippen molar-refractivity contribution in [2.24, 2.45) is 16.6 Å². The molecule has 6 heteroatoms. The van der Waals surface area contributed by atoms with E-state index in [2.05, 4.69) is 53.4 Å². The first-order chi connectivity index (χ1) is 13.1. The van der Waals surface area contributed by atoms with Crippen LogP contribution < -0.4 is 11.1 Å². The van der Waals surface area contributed by atoms with Gasteiger partial charge in [0.25, 0.3) is 0 Å². The van der Waals surface area contributed by atoms with E-state index in [-0.39, 0.29) is 5.91 Å². The minimum Gasteiger partial charge on any atom is -0.370 e. The van der Waals surface area contributed by atoms with E-state index in [0.29, 0.717) is 12.3 Å². The normalized spacial score (nSPS) is 18.1. The number of hydrogen-bond donors (Lipinski definition) is 3. The number of nitrogens with zero attached hydrogens (tertiary/aromatic N) is 2.